The Morgan fingerprint density at radius 1 is 1.35 bits per heavy atom. The third-order valence-corrected chi connectivity index (χ3v) is 2.29. The number of esters is 1. The van der Waals surface area contributed by atoms with Gasteiger partial charge in [0.25, 0.3) is 0 Å². The number of nitriles is 2. The number of carbonyl (C=O) groups is 1. The van der Waals surface area contributed by atoms with Crippen LogP contribution in [0.2, 0.25) is 0 Å². The lowest BCUT2D eigenvalue weighted by Crippen LogP contribution is -2.09. The number of allylic oxidation sites excluding steroid dienone is 1. The van der Waals surface area contributed by atoms with E-state index in [9.17, 15) is 4.79 Å². The predicted molar refractivity (Wildman–Crippen MR) is 72.4 cm³/mol. The molecule has 5 nitrogen and oxygen atoms in total. The van der Waals surface area contributed by atoms with Gasteiger partial charge in [0.05, 0.1) is 19.6 Å². The molecule has 0 unspecified atom stereocenters. The number of hydrogen-bond donors (Lipinski definition) is 0. The lowest BCUT2D eigenvalue weighted by Gasteiger charge is -2.06. The van der Waals surface area contributed by atoms with Crippen LogP contribution >= 0.6 is 0 Å². The van der Waals surface area contributed by atoms with Crippen LogP contribution in [-0.4, -0.2) is 19.2 Å². The number of ether oxygens (including phenoxy) is 2. The topological polar surface area (TPSA) is 83.1 Å². The zero-order chi connectivity index (χ0) is 14.8. The Morgan fingerprint density at radius 3 is 2.75 bits per heavy atom. The molecule has 1 aromatic rings. The van der Waals surface area contributed by atoms with E-state index in [-0.39, 0.29) is 24.6 Å². The molecule has 0 aliphatic rings. The van der Waals surface area contributed by atoms with Gasteiger partial charge in [-0.2, -0.15) is 10.5 Å². The average Bonchev–Trinajstić information content (AvgIpc) is 2.45. The quantitative estimate of drug-likeness (QED) is 0.585. The van der Waals surface area contributed by atoms with Crippen molar-refractivity contribution in [3.05, 3.63) is 35.4 Å². The van der Waals surface area contributed by atoms with Crippen molar-refractivity contribution in [2.45, 2.75) is 13.3 Å². The first-order chi connectivity index (χ1) is 9.69. The van der Waals surface area contributed by atoms with Crippen LogP contribution in [0.1, 0.15) is 18.9 Å². The summed E-state index contributed by atoms with van der Waals surface area (Å²) in [5, 5.41) is 17.4. The predicted octanol–water partition coefficient (Wildman–Crippen LogP) is 2.45. The van der Waals surface area contributed by atoms with Crippen molar-refractivity contribution in [3.8, 4) is 17.9 Å². The molecule has 1 aromatic carbocycles. The Kier molecular flexibility index (Phi) is 6.36. The van der Waals surface area contributed by atoms with Crippen LogP contribution in [0, 0.1) is 22.7 Å². The molecule has 0 N–H and O–H groups in total. The van der Waals surface area contributed by atoms with Crippen LogP contribution in [0.3, 0.4) is 0 Å². The summed E-state index contributed by atoms with van der Waals surface area (Å²) in [4.78, 5) is 11.1. The standard InChI is InChI=1S/C15H14N2O3/c1-2-19-15(18)6-7-20-14-5-3-4-12(9-14)8-13(10-16)11-17/h3-5,8-9H,2,6-7H2,1H3. The summed E-state index contributed by atoms with van der Waals surface area (Å²) < 4.78 is 10.2. The van der Waals surface area contributed by atoms with Crippen LogP contribution in [0.4, 0.5) is 0 Å². The number of benzene rings is 1. The monoisotopic (exact) mass is 270 g/mol. The first-order valence-electron chi connectivity index (χ1n) is 6.10. The molecule has 0 spiro atoms. The van der Waals surface area contributed by atoms with Crippen LogP contribution < -0.4 is 4.74 Å². The normalized spacial score (nSPS) is 8.95. The number of carbonyl (C=O) groups excluding carboxylic acids is 1. The minimum atomic E-state index is -0.306. The van der Waals surface area contributed by atoms with E-state index in [1.165, 1.54) is 6.08 Å². The van der Waals surface area contributed by atoms with Crippen molar-refractivity contribution in [1.82, 2.24) is 0 Å². The molecular formula is C15H14N2O3. The second kappa shape index (κ2) is 8.34. The van der Waals surface area contributed by atoms with Gasteiger partial charge >= 0.3 is 5.97 Å². The molecule has 0 fully saturated rings. The van der Waals surface area contributed by atoms with Gasteiger partial charge in [0, 0.05) is 0 Å². The molecule has 0 saturated carbocycles. The minimum Gasteiger partial charge on any atom is -0.493 e. The Labute approximate surface area is 117 Å². The van der Waals surface area contributed by atoms with E-state index in [4.69, 9.17) is 20.0 Å². The highest BCUT2D eigenvalue weighted by Gasteiger charge is 2.02. The molecule has 20 heavy (non-hydrogen) atoms. The molecule has 0 amide bonds. The van der Waals surface area contributed by atoms with Crippen molar-refractivity contribution >= 4 is 12.0 Å². The van der Waals surface area contributed by atoms with Gasteiger partial charge in [-0.15, -0.1) is 0 Å². The summed E-state index contributed by atoms with van der Waals surface area (Å²) in [5.41, 5.74) is 0.713. The fraction of sp³-hybridized carbons (Fsp3) is 0.267. The molecule has 102 valence electrons. The Morgan fingerprint density at radius 2 is 2.10 bits per heavy atom. The molecule has 0 aliphatic carbocycles. The highest BCUT2D eigenvalue weighted by Crippen LogP contribution is 2.16. The van der Waals surface area contributed by atoms with Crippen LogP contribution in [0.5, 0.6) is 5.75 Å². The Balaban J connectivity index is 2.61. The molecule has 0 aromatic heterocycles. The zero-order valence-corrected chi connectivity index (χ0v) is 11.1. The Hall–Kier alpha value is -2.79. The van der Waals surface area contributed by atoms with E-state index in [0.717, 1.165) is 0 Å². The van der Waals surface area contributed by atoms with Crippen molar-refractivity contribution in [3.63, 3.8) is 0 Å². The van der Waals surface area contributed by atoms with Gasteiger partial charge in [-0.3, -0.25) is 4.79 Å². The highest BCUT2D eigenvalue weighted by molar-refractivity contribution is 5.69. The Bertz CT molecular complexity index is 564. The van der Waals surface area contributed by atoms with Crippen molar-refractivity contribution in [2.75, 3.05) is 13.2 Å². The molecule has 0 heterocycles. The molecule has 0 bridgehead atoms. The fourth-order valence-electron chi connectivity index (χ4n) is 1.44. The third kappa shape index (κ3) is 5.24. The van der Waals surface area contributed by atoms with Crippen LogP contribution in [0.25, 0.3) is 6.08 Å². The summed E-state index contributed by atoms with van der Waals surface area (Å²) in [5.74, 6) is 0.262. The molecule has 0 atom stereocenters. The van der Waals surface area contributed by atoms with Crippen LogP contribution in [0.15, 0.2) is 29.8 Å². The maximum atomic E-state index is 11.1. The molecule has 0 saturated heterocycles. The highest BCUT2D eigenvalue weighted by atomic mass is 16.5. The summed E-state index contributed by atoms with van der Waals surface area (Å²) >= 11 is 0. The van der Waals surface area contributed by atoms with E-state index in [2.05, 4.69) is 0 Å². The summed E-state index contributed by atoms with van der Waals surface area (Å²) in [6, 6.07) is 10.5. The molecular weight excluding hydrogens is 256 g/mol. The van der Waals surface area contributed by atoms with Crippen molar-refractivity contribution in [1.29, 1.82) is 10.5 Å². The summed E-state index contributed by atoms with van der Waals surface area (Å²) in [6.07, 6.45) is 1.65. The first-order valence-corrected chi connectivity index (χ1v) is 6.10. The van der Waals surface area contributed by atoms with Gasteiger partial charge in [-0.25, -0.2) is 0 Å². The van der Waals surface area contributed by atoms with Crippen molar-refractivity contribution < 1.29 is 14.3 Å². The largest absolute Gasteiger partial charge is 0.493 e. The lowest BCUT2D eigenvalue weighted by atomic mass is 10.1. The van der Waals surface area contributed by atoms with Crippen molar-refractivity contribution in [2.24, 2.45) is 0 Å². The van der Waals surface area contributed by atoms with E-state index >= 15 is 0 Å². The van der Waals surface area contributed by atoms with E-state index < -0.39 is 0 Å². The van der Waals surface area contributed by atoms with Gasteiger partial charge in [0.15, 0.2) is 0 Å². The molecule has 0 radical (unpaired) electrons. The summed E-state index contributed by atoms with van der Waals surface area (Å²) in [6.45, 7) is 2.32. The third-order valence-electron chi connectivity index (χ3n) is 2.29. The number of rotatable bonds is 6. The van der Waals surface area contributed by atoms with Gasteiger partial charge in [-0.05, 0) is 30.7 Å². The number of nitrogens with zero attached hydrogens (tertiary/aromatic N) is 2. The minimum absolute atomic E-state index is 0.0219. The number of hydrogen-bond acceptors (Lipinski definition) is 5. The molecule has 0 aliphatic heterocycles. The van der Waals surface area contributed by atoms with Gasteiger partial charge in [0.1, 0.15) is 23.5 Å². The molecule has 1 rings (SSSR count). The van der Waals surface area contributed by atoms with Gasteiger partial charge < -0.3 is 9.47 Å². The molecule has 5 heteroatoms. The maximum Gasteiger partial charge on any atom is 0.309 e. The second-order valence-electron chi connectivity index (χ2n) is 3.76. The first kappa shape index (κ1) is 15.3. The summed E-state index contributed by atoms with van der Waals surface area (Å²) in [7, 11) is 0. The van der Waals surface area contributed by atoms with Gasteiger partial charge in [0.2, 0.25) is 0 Å². The van der Waals surface area contributed by atoms with E-state index in [1.807, 2.05) is 0 Å². The lowest BCUT2D eigenvalue weighted by molar-refractivity contribution is -0.143. The van der Waals surface area contributed by atoms with E-state index in [1.54, 1.807) is 43.3 Å². The zero-order valence-electron chi connectivity index (χ0n) is 11.1. The average molecular weight is 270 g/mol. The maximum absolute atomic E-state index is 11.1. The fourth-order valence-corrected chi connectivity index (χ4v) is 1.44. The van der Waals surface area contributed by atoms with Crippen LogP contribution in [-0.2, 0) is 9.53 Å². The SMILES string of the molecule is CCOC(=O)CCOc1cccc(C=C(C#N)C#N)c1. The van der Waals surface area contributed by atoms with E-state index in [0.29, 0.717) is 17.9 Å². The van der Waals surface area contributed by atoms with Gasteiger partial charge in [-0.1, -0.05) is 12.1 Å². The second-order valence-corrected chi connectivity index (χ2v) is 3.76. The smallest absolute Gasteiger partial charge is 0.309 e.